The van der Waals surface area contributed by atoms with Crippen molar-refractivity contribution < 1.29 is 19.1 Å². The topological polar surface area (TPSA) is 71.4 Å². The third-order valence-electron chi connectivity index (χ3n) is 4.52. The lowest BCUT2D eigenvalue weighted by molar-refractivity contribution is -0.146. The minimum Gasteiger partial charge on any atom is -0.462 e. The number of ether oxygens (including phenoxy) is 2. The molecule has 0 saturated heterocycles. The SMILES string of the molecule is CCCN(C=C(C(=O)OCC)C(=O)OCC)c1ccc2c(c1)N1CCCN=C1S2. The molecule has 0 unspecified atom stereocenters. The minimum atomic E-state index is -0.672. The number of rotatable bonds is 8. The molecule has 0 aromatic heterocycles. The first-order valence-electron chi connectivity index (χ1n) is 10.1. The van der Waals surface area contributed by atoms with Crippen molar-refractivity contribution >= 4 is 40.2 Å². The number of carbonyl (C=O) groups is 2. The highest BCUT2D eigenvalue weighted by Gasteiger charge is 2.29. The number of fused-ring (bicyclic) bond motifs is 3. The van der Waals surface area contributed by atoms with Gasteiger partial charge < -0.3 is 19.3 Å². The van der Waals surface area contributed by atoms with Gasteiger partial charge in [-0.1, -0.05) is 6.92 Å². The zero-order valence-electron chi connectivity index (χ0n) is 17.1. The van der Waals surface area contributed by atoms with Gasteiger partial charge >= 0.3 is 11.9 Å². The van der Waals surface area contributed by atoms with Gasteiger partial charge in [0.25, 0.3) is 0 Å². The largest absolute Gasteiger partial charge is 0.462 e. The molecule has 0 spiro atoms. The highest BCUT2D eigenvalue weighted by atomic mass is 32.2. The maximum atomic E-state index is 12.4. The van der Waals surface area contributed by atoms with Crippen LogP contribution in [0.4, 0.5) is 11.4 Å². The van der Waals surface area contributed by atoms with E-state index in [0.717, 1.165) is 42.5 Å². The van der Waals surface area contributed by atoms with E-state index in [1.54, 1.807) is 31.8 Å². The Bertz CT molecular complexity index is 817. The molecule has 0 N–H and O–H groups in total. The number of benzene rings is 1. The standard InChI is InChI=1S/C21H27N3O4S/c1-4-11-23(14-16(19(25)27-5-2)20(26)28-6-3)15-8-9-18-17(13-15)24-12-7-10-22-21(24)29-18/h8-9,13-14H,4-7,10-12H2,1-3H3. The van der Waals surface area contributed by atoms with E-state index in [4.69, 9.17) is 9.47 Å². The van der Waals surface area contributed by atoms with Crippen molar-refractivity contribution in [2.45, 2.75) is 38.5 Å². The summed E-state index contributed by atoms with van der Waals surface area (Å²) in [5.74, 6) is -1.34. The van der Waals surface area contributed by atoms with Crippen molar-refractivity contribution in [3.8, 4) is 0 Å². The van der Waals surface area contributed by atoms with Gasteiger partial charge in [-0.2, -0.15) is 0 Å². The predicted molar refractivity (Wildman–Crippen MR) is 116 cm³/mol. The molecule has 3 rings (SSSR count). The molecule has 2 heterocycles. The smallest absolute Gasteiger partial charge is 0.347 e. The molecule has 1 aromatic rings. The fraction of sp³-hybridized carbons (Fsp3) is 0.476. The van der Waals surface area contributed by atoms with Gasteiger partial charge in [0.2, 0.25) is 0 Å². The molecule has 0 radical (unpaired) electrons. The van der Waals surface area contributed by atoms with Crippen LogP contribution in [0.25, 0.3) is 0 Å². The monoisotopic (exact) mass is 417 g/mol. The molecule has 0 bridgehead atoms. The van der Waals surface area contributed by atoms with Crippen LogP contribution in [0.1, 0.15) is 33.6 Å². The molecule has 2 aliphatic rings. The van der Waals surface area contributed by atoms with Gasteiger partial charge in [-0.3, -0.25) is 4.99 Å². The van der Waals surface area contributed by atoms with Gasteiger partial charge in [-0.25, -0.2) is 9.59 Å². The Balaban J connectivity index is 1.95. The van der Waals surface area contributed by atoms with E-state index in [0.29, 0.717) is 6.54 Å². The summed E-state index contributed by atoms with van der Waals surface area (Å²) in [6.07, 6.45) is 3.42. The Morgan fingerprint density at radius 3 is 2.59 bits per heavy atom. The fourth-order valence-electron chi connectivity index (χ4n) is 3.25. The lowest BCUT2D eigenvalue weighted by Crippen LogP contribution is -2.30. The van der Waals surface area contributed by atoms with Crippen LogP contribution in [0.2, 0.25) is 0 Å². The maximum absolute atomic E-state index is 12.4. The van der Waals surface area contributed by atoms with Crippen LogP contribution in [-0.2, 0) is 19.1 Å². The van der Waals surface area contributed by atoms with Crippen LogP contribution >= 0.6 is 11.8 Å². The van der Waals surface area contributed by atoms with Crippen molar-refractivity contribution in [3.63, 3.8) is 0 Å². The van der Waals surface area contributed by atoms with Crippen LogP contribution in [0, 0.1) is 0 Å². The van der Waals surface area contributed by atoms with Crippen LogP contribution in [-0.4, -0.2) is 50.0 Å². The molecule has 0 fully saturated rings. The van der Waals surface area contributed by atoms with E-state index >= 15 is 0 Å². The summed E-state index contributed by atoms with van der Waals surface area (Å²) in [6.45, 7) is 8.31. The second-order valence-electron chi connectivity index (χ2n) is 6.60. The summed E-state index contributed by atoms with van der Waals surface area (Å²) < 4.78 is 10.1. The molecule has 7 nitrogen and oxygen atoms in total. The van der Waals surface area contributed by atoms with Crippen LogP contribution in [0.15, 0.2) is 39.9 Å². The lowest BCUT2D eigenvalue weighted by Gasteiger charge is -2.25. The van der Waals surface area contributed by atoms with E-state index in [1.807, 2.05) is 17.9 Å². The summed E-state index contributed by atoms with van der Waals surface area (Å²) in [4.78, 5) is 34.6. The normalized spacial score (nSPS) is 14.4. The quantitative estimate of drug-likeness (QED) is 0.277. The number of thioether (sulfide) groups is 1. The third-order valence-corrected chi connectivity index (χ3v) is 5.62. The Kier molecular flexibility index (Phi) is 7.19. The number of amidine groups is 1. The summed E-state index contributed by atoms with van der Waals surface area (Å²) in [5, 5.41) is 1.04. The average Bonchev–Trinajstić information content (AvgIpc) is 3.09. The van der Waals surface area contributed by atoms with Crippen LogP contribution in [0.5, 0.6) is 0 Å². The number of hydrogen-bond donors (Lipinski definition) is 0. The highest BCUT2D eigenvalue weighted by molar-refractivity contribution is 8.14. The summed E-state index contributed by atoms with van der Waals surface area (Å²) in [5.41, 5.74) is 1.93. The van der Waals surface area contributed by atoms with Crippen molar-refractivity contribution in [3.05, 3.63) is 30.0 Å². The molecule has 29 heavy (non-hydrogen) atoms. The molecule has 0 saturated carbocycles. The van der Waals surface area contributed by atoms with Gasteiger partial charge in [0.05, 0.1) is 18.9 Å². The first-order chi connectivity index (χ1) is 14.1. The Labute approximate surface area is 175 Å². The van der Waals surface area contributed by atoms with E-state index < -0.39 is 11.9 Å². The second-order valence-corrected chi connectivity index (χ2v) is 7.61. The first-order valence-corrected chi connectivity index (χ1v) is 10.9. The van der Waals surface area contributed by atoms with Gasteiger partial charge in [0.1, 0.15) is 0 Å². The number of esters is 2. The maximum Gasteiger partial charge on any atom is 0.347 e. The Morgan fingerprint density at radius 1 is 1.21 bits per heavy atom. The number of aliphatic imine (C=N–C) groups is 1. The molecule has 8 heteroatoms. The molecule has 156 valence electrons. The molecule has 2 aliphatic heterocycles. The van der Waals surface area contributed by atoms with E-state index in [-0.39, 0.29) is 18.8 Å². The zero-order valence-corrected chi connectivity index (χ0v) is 18.0. The van der Waals surface area contributed by atoms with Gasteiger partial charge in [-0.05, 0) is 56.7 Å². The number of carbonyl (C=O) groups excluding carboxylic acids is 2. The van der Waals surface area contributed by atoms with Crippen LogP contribution in [0.3, 0.4) is 0 Å². The molecule has 0 amide bonds. The number of nitrogens with zero attached hydrogens (tertiary/aromatic N) is 3. The highest BCUT2D eigenvalue weighted by Crippen LogP contribution is 2.43. The number of hydrogen-bond acceptors (Lipinski definition) is 8. The molecule has 1 aromatic carbocycles. The van der Waals surface area contributed by atoms with Gasteiger partial charge in [-0.15, -0.1) is 0 Å². The zero-order chi connectivity index (χ0) is 20.8. The van der Waals surface area contributed by atoms with E-state index in [1.165, 1.54) is 4.90 Å². The summed E-state index contributed by atoms with van der Waals surface area (Å²) >= 11 is 1.68. The predicted octanol–water partition coefficient (Wildman–Crippen LogP) is 3.58. The van der Waals surface area contributed by atoms with Crippen molar-refractivity contribution in [1.82, 2.24) is 0 Å². The Hall–Kier alpha value is -2.48. The average molecular weight is 418 g/mol. The summed E-state index contributed by atoms with van der Waals surface area (Å²) in [6, 6.07) is 6.17. The Morgan fingerprint density at radius 2 is 1.93 bits per heavy atom. The first kappa shape index (κ1) is 21.2. The van der Waals surface area contributed by atoms with Crippen LogP contribution < -0.4 is 9.80 Å². The van der Waals surface area contributed by atoms with Crippen molar-refractivity contribution in [2.75, 3.05) is 42.6 Å². The van der Waals surface area contributed by atoms with Gasteiger partial charge in [0.15, 0.2) is 10.7 Å². The molecule has 0 aliphatic carbocycles. The molecule has 0 atom stereocenters. The van der Waals surface area contributed by atoms with Crippen molar-refractivity contribution in [1.29, 1.82) is 0 Å². The van der Waals surface area contributed by atoms with E-state index in [2.05, 4.69) is 22.0 Å². The summed E-state index contributed by atoms with van der Waals surface area (Å²) in [7, 11) is 0. The lowest BCUT2D eigenvalue weighted by atomic mass is 10.2. The molecular weight excluding hydrogens is 390 g/mol. The van der Waals surface area contributed by atoms with Gasteiger partial charge in [0, 0.05) is 36.4 Å². The number of anilines is 2. The third kappa shape index (κ3) is 4.75. The van der Waals surface area contributed by atoms with E-state index in [9.17, 15) is 9.59 Å². The molecular formula is C21H27N3O4S. The second kappa shape index (κ2) is 9.82. The fourth-order valence-corrected chi connectivity index (χ4v) is 4.31. The van der Waals surface area contributed by atoms with Crippen molar-refractivity contribution in [2.24, 2.45) is 4.99 Å². The minimum absolute atomic E-state index is 0.0998.